The van der Waals surface area contributed by atoms with Crippen molar-refractivity contribution in [3.8, 4) is 10.6 Å². The van der Waals surface area contributed by atoms with Crippen LogP contribution < -0.4 is 5.73 Å². The number of nitrogens with zero attached hydrogens (tertiary/aromatic N) is 2. The molecule has 3 rings (SSSR count). The monoisotopic (exact) mass is 309 g/mol. The zero-order valence-electron chi connectivity index (χ0n) is 11.5. The van der Waals surface area contributed by atoms with Gasteiger partial charge in [0.1, 0.15) is 5.01 Å². The Bertz CT molecular complexity index is 533. The zero-order chi connectivity index (χ0) is 13.2. The Kier molecular flexibility index (Phi) is 5.16. The molecule has 2 unspecified atom stereocenters. The highest BCUT2D eigenvalue weighted by Gasteiger charge is 2.26. The minimum Gasteiger partial charge on any atom is -0.326 e. The normalized spacial score (nSPS) is 22.7. The molecule has 0 saturated carbocycles. The van der Waals surface area contributed by atoms with E-state index in [4.69, 9.17) is 10.7 Å². The van der Waals surface area contributed by atoms with E-state index in [1.165, 1.54) is 5.56 Å². The smallest absolute Gasteiger partial charge is 0.123 e. The van der Waals surface area contributed by atoms with E-state index in [0.717, 1.165) is 30.3 Å². The van der Waals surface area contributed by atoms with Crippen molar-refractivity contribution in [2.24, 2.45) is 11.7 Å². The van der Waals surface area contributed by atoms with Crippen molar-refractivity contribution in [3.63, 3.8) is 0 Å². The Balaban J connectivity index is 0.00000147. The maximum absolute atomic E-state index is 6.06. The van der Waals surface area contributed by atoms with E-state index in [-0.39, 0.29) is 12.4 Å². The lowest BCUT2D eigenvalue weighted by atomic mass is 10.1. The third-order valence-corrected chi connectivity index (χ3v) is 4.64. The van der Waals surface area contributed by atoms with Gasteiger partial charge in [0, 0.05) is 36.6 Å². The van der Waals surface area contributed by atoms with E-state index in [9.17, 15) is 0 Å². The van der Waals surface area contributed by atoms with E-state index in [1.54, 1.807) is 11.3 Å². The van der Waals surface area contributed by atoms with Crippen LogP contribution in [0.25, 0.3) is 10.6 Å². The minimum absolute atomic E-state index is 0. The standard InChI is InChI=1S/C15H19N3S.ClH/c1-11-7-18(9-14(11)16)8-13-10-19-15(17-13)12-5-3-2-4-6-12;/h2-6,10-11,14H,7-9,16H2,1H3;1H. The van der Waals surface area contributed by atoms with Crippen molar-refractivity contribution in [3.05, 3.63) is 41.4 Å². The summed E-state index contributed by atoms with van der Waals surface area (Å²) in [5, 5.41) is 3.27. The molecule has 3 nitrogen and oxygen atoms in total. The van der Waals surface area contributed by atoms with Crippen LogP contribution in [0.3, 0.4) is 0 Å². The minimum atomic E-state index is 0. The number of benzene rings is 1. The molecule has 1 aliphatic heterocycles. The summed E-state index contributed by atoms with van der Waals surface area (Å²) in [6, 6.07) is 10.7. The van der Waals surface area contributed by atoms with Crippen molar-refractivity contribution in [2.45, 2.75) is 19.5 Å². The molecule has 5 heteroatoms. The van der Waals surface area contributed by atoms with Crippen LogP contribution in [0.1, 0.15) is 12.6 Å². The second-order valence-corrected chi connectivity index (χ2v) is 6.20. The number of rotatable bonds is 3. The van der Waals surface area contributed by atoms with Crippen molar-refractivity contribution in [1.29, 1.82) is 0 Å². The van der Waals surface area contributed by atoms with Crippen LogP contribution >= 0.6 is 23.7 Å². The lowest BCUT2D eigenvalue weighted by molar-refractivity contribution is 0.315. The van der Waals surface area contributed by atoms with Gasteiger partial charge in [-0.3, -0.25) is 4.90 Å². The first-order valence-electron chi connectivity index (χ1n) is 6.70. The summed E-state index contributed by atoms with van der Waals surface area (Å²) in [7, 11) is 0. The van der Waals surface area contributed by atoms with Crippen molar-refractivity contribution < 1.29 is 0 Å². The molecule has 1 aromatic carbocycles. The lowest BCUT2D eigenvalue weighted by Gasteiger charge is -2.12. The summed E-state index contributed by atoms with van der Waals surface area (Å²) in [6.45, 7) is 5.21. The first kappa shape index (κ1) is 15.4. The van der Waals surface area contributed by atoms with Gasteiger partial charge >= 0.3 is 0 Å². The van der Waals surface area contributed by atoms with Crippen molar-refractivity contribution >= 4 is 23.7 Å². The van der Waals surface area contributed by atoms with E-state index < -0.39 is 0 Å². The van der Waals surface area contributed by atoms with Gasteiger partial charge in [0.25, 0.3) is 0 Å². The Hall–Kier alpha value is -0.940. The van der Waals surface area contributed by atoms with Crippen LogP contribution in [0.5, 0.6) is 0 Å². The highest BCUT2D eigenvalue weighted by atomic mass is 35.5. The van der Waals surface area contributed by atoms with Crippen LogP contribution in [-0.4, -0.2) is 29.0 Å². The molecule has 0 spiro atoms. The van der Waals surface area contributed by atoms with Gasteiger partial charge in [-0.1, -0.05) is 37.3 Å². The average molecular weight is 310 g/mol. The van der Waals surface area contributed by atoms with Crippen LogP contribution in [0, 0.1) is 5.92 Å². The molecule has 2 atom stereocenters. The van der Waals surface area contributed by atoms with Gasteiger partial charge < -0.3 is 5.73 Å². The lowest BCUT2D eigenvalue weighted by Crippen LogP contribution is -2.28. The molecule has 2 heterocycles. The first-order chi connectivity index (χ1) is 9.22. The summed E-state index contributed by atoms with van der Waals surface area (Å²) >= 11 is 1.72. The van der Waals surface area contributed by atoms with E-state index in [2.05, 4.69) is 41.5 Å². The Morgan fingerprint density at radius 3 is 2.70 bits per heavy atom. The van der Waals surface area contributed by atoms with Crippen LogP contribution in [-0.2, 0) is 6.54 Å². The fourth-order valence-electron chi connectivity index (χ4n) is 2.55. The topological polar surface area (TPSA) is 42.2 Å². The molecule has 1 aliphatic rings. The van der Waals surface area contributed by atoms with Gasteiger partial charge in [-0.2, -0.15) is 0 Å². The van der Waals surface area contributed by atoms with Gasteiger partial charge in [-0.05, 0) is 5.92 Å². The molecule has 0 amide bonds. The van der Waals surface area contributed by atoms with Gasteiger partial charge in [0.15, 0.2) is 0 Å². The number of halogens is 1. The van der Waals surface area contributed by atoms with Crippen molar-refractivity contribution in [2.75, 3.05) is 13.1 Å². The second-order valence-electron chi connectivity index (χ2n) is 5.35. The highest BCUT2D eigenvalue weighted by Crippen LogP contribution is 2.25. The Labute approximate surface area is 130 Å². The van der Waals surface area contributed by atoms with Crippen LogP contribution in [0.4, 0.5) is 0 Å². The van der Waals surface area contributed by atoms with Crippen molar-refractivity contribution in [1.82, 2.24) is 9.88 Å². The Morgan fingerprint density at radius 1 is 1.30 bits per heavy atom. The number of likely N-dealkylation sites (tertiary alicyclic amines) is 1. The SMILES string of the molecule is CC1CN(Cc2csc(-c3ccccc3)n2)CC1N.Cl. The maximum Gasteiger partial charge on any atom is 0.123 e. The molecule has 1 aromatic heterocycles. The number of nitrogens with two attached hydrogens (primary N) is 1. The summed E-state index contributed by atoms with van der Waals surface area (Å²) in [4.78, 5) is 7.13. The van der Waals surface area contributed by atoms with Gasteiger partial charge in [-0.15, -0.1) is 23.7 Å². The second kappa shape index (κ2) is 6.68. The summed E-state index contributed by atoms with van der Waals surface area (Å²) < 4.78 is 0. The average Bonchev–Trinajstić information content (AvgIpc) is 2.99. The number of hydrogen-bond acceptors (Lipinski definition) is 4. The largest absolute Gasteiger partial charge is 0.326 e. The van der Waals surface area contributed by atoms with Gasteiger partial charge in [0.05, 0.1) is 5.69 Å². The summed E-state index contributed by atoms with van der Waals surface area (Å²) in [6.07, 6.45) is 0. The zero-order valence-corrected chi connectivity index (χ0v) is 13.2. The molecule has 0 radical (unpaired) electrons. The summed E-state index contributed by atoms with van der Waals surface area (Å²) in [5.41, 5.74) is 8.42. The third kappa shape index (κ3) is 3.38. The predicted molar refractivity (Wildman–Crippen MR) is 87.2 cm³/mol. The molecule has 1 saturated heterocycles. The van der Waals surface area contributed by atoms with Gasteiger partial charge in [-0.25, -0.2) is 4.98 Å². The molecule has 20 heavy (non-hydrogen) atoms. The molecule has 2 aromatic rings. The fraction of sp³-hybridized carbons (Fsp3) is 0.400. The molecule has 2 N–H and O–H groups in total. The molecular weight excluding hydrogens is 290 g/mol. The van der Waals surface area contributed by atoms with E-state index in [1.807, 2.05) is 6.07 Å². The Morgan fingerprint density at radius 2 is 2.05 bits per heavy atom. The number of aromatic nitrogens is 1. The highest BCUT2D eigenvalue weighted by molar-refractivity contribution is 7.13. The van der Waals surface area contributed by atoms with Crippen LogP contribution in [0.2, 0.25) is 0 Å². The molecule has 108 valence electrons. The molecular formula is C15H20ClN3S. The number of thiazole rings is 1. The van der Waals surface area contributed by atoms with E-state index in [0.29, 0.717) is 12.0 Å². The van der Waals surface area contributed by atoms with Crippen LogP contribution in [0.15, 0.2) is 35.7 Å². The summed E-state index contributed by atoms with van der Waals surface area (Å²) in [5.74, 6) is 0.590. The molecule has 0 aliphatic carbocycles. The number of hydrogen-bond donors (Lipinski definition) is 1. The predicted octanol–water partition coefficient (Wildman–Crippen LogP) is 3.01. The maximum atomic E-state index is 6.06. The molecule has 0 bridgehead atoms. The van der Waals surface area contributed by atoms with Gasteiger partial charge in [0.2, 0.25) is 0 Å². The fourth-order valence-corrected chi connectivity index (χ4v) is 3.36. The first-order valence-corrected chi connectivity index (χ1v) is 7.58. The quantitative estimate of drug-likeness (QED) is 0.947. The molecule has 1 fully saturated rings. The third-order valence-electron chi connectivity index (χ3n) is 3.70. The van der Waals surface area contributed by atoms with E-state index >= 15 is 0 Å².